The summed E-state index contributed by atoms with van der Waals surface area (Å²) in [6.45, 7) is 0. The van der Waals surface area contributed by atoms with E-state index in [2.05, 4.69) is 0 Å². The van der Waals surface area contributed by atoms with Crippen LogP contribution in [0.4, 0.5) is 13.2 Å². The highest BCUT2D eigenvalue weighted by atomic mass is 19.4. The van der Waals surface area contributed by atoms with Gasteiger partial charge in [-0.1, -0.05) is 72.8 Å². The molecule has 0 spiro atoms. The second-order valence-corrected chi connectivity index (χ2v) is 7.23. The van der Waals surface area contributed by atoms with Gasteiger partial charge < -0.3 is 4.74 Å². The Morgan fingerprint density at radius 2 is 1.31 bits per heavy atom. The van der Waals surface area contributed by atoms with E-state index in [9.17, 15) is 18.0 Å². The Bertz CT molecular complexity index is 1230. The Labute approximate surface area is 183 Å². The highest BCUT2D eigenvalue weighted by molar-refractivity contribution is 6.14. The Morgan fingerprint density at radius 3 is 1.88 bits per heavy atom. The molecule has 0 unspecified atom stereocenters. The summed E-state index contributed by atoms with van der Waals surface area (Å²) in [4.78, 5) is 13.3. The van der Waals surface area contributed by atoms with Crippen molar-refractivity contribution in [1.82, 2.24) is 0 Å². The highest BCUT2D eigenvalue weighted by Crippen LogP contribution is 2.41. The van der Waals surface area contributed by atoms with Gasteiger partial charge in [0.15, 0.2) is 5.78 Å². The van der Waals surface area contributed by atoms with Crippen LogP contribution in [-0.4, -0.2) is 12.9 Å². The normalized spacial score (nSPS) is 11.2. The van der Waals surface area contributed by atoms with Crippen molar-refractivity contribution in [3.63, 3.8) is 0 Å². The topological polar surface area (TPSA) is 26.3 Å². The number of methoxy groups -OCH3 is 1. The minimum atomic E-state index is -4.72. The van der Waals surface area contributed by atoms with E-state index in [-0.39, 0.29) is 16.7 Å². The molecular formula is C27H19F3O2. The Hall–Kier alpha value is -3.86. The number of hydrogen-bond donors (Lipinski definition) is 0. The molecule has 32 heavy (non-hydrogen) atoms. The van der Waals surface area contributed by atoms with Gasteiger partial charge in [-0.25, -0.2) is 0 Å². The van der Waals surface area contributed by atoms with Crippen LogP contribution in [0.3, 0.4) is 0 Å². The number of alkyl halides is 3. The number of ketones is 1. The minimum Gasteiger partial charge on any atom is -0.497 e. The predicted molar refractivity (Wildman–Crippen MR) is 119 cm³/mol. The molecule has 0 N–H and O–H groups in total. The summed E-state index contributed by atoms with van der Waals surface area (Å²) in [5.74, 6) is -0.0676. The fraction of sp³-hybridized carbons (Fsp3) is 0.0741. The number of hydrogen-bond acceptors (Lipinski definition) is 2. The first kappa shape index (κ1) is 21.4. The summed E-state index contributed by atoms with van der Waals surface area (Å²) in [5.41, 5.74) is 0.612. The Balaban J connectivity index is 2.01. The van der Waals surface area contributed by atoms with Crippen molar-refractivity contribution in [2.24, 2.45) is 0 Å². The molecule has 5 heteroatoms. The van der Waals surface area contributed by atoms with Gasteiger partial charge in [0.05, 0.1) is 12.7 Å². The average molecular weight is 432 g/mol. The van der Waals surface area contributed by atoms with Crippen molar-refractivity contribution in [2.75, 3.05) is 7.11 Å². The third kappa shape index (κ3) is 4.28. The minimum absolute atomic E-state index is 0.201. The van der Waals surface area contributed by atoms with Gasteiger partial charge in [-0.3, -0.25) is 4.79 Å². The molecule has 0 fully saturated rings. The van der Waals surface area contributed by atoms with Crippen LogP contribution in [0.15, 0.2) is 97.1 Å². The van der Waals surface area contributed by atoms with Gasteiger partial charge in [0.25, 0.3) is 0 Å². The van der Waals surface area contributed by atoms with E-state index in [0.717, 1.165) is 6.07 Å². The maximum Gasteiger partial charge on any atom is 0.417 e. The average Bonchev–Trinajstić information content (AvgIpc) is 2.83. The molecule has 0 atom stereocenters. The van der Waals surface area contributed by atoms with Gasteiger partial charge in [0, 0.05) is 11.1 Å². The quantitative estimate of drug-likeness (QED) is 0.310. The summed E-state index contributed by atoms with van der Waals surface area (Å²) >= 11 is 0. The Kier molecular flexibility index (Phi) is 5.82. The molecule has 0 bridgehead atoms. The highest BCUT2D eigenvalue weighted by Gasteiger charge is 2.37. The van der Waals surface area contributed by atoms with Crippen LogP contribution >= 0.6 is 0 Å². The van der Waals surface area contributed by atoms with Crippen LogP contribution in [0.1, 0.15) is 21.5 Å². The van der Waals surface area contributed by atoms with Crippen LogP contribution < -0.4 is 4.74 Å². The number of carbonyl (C=O) groups excluding carboxylic acids is 1. The Morgan fingerprint density at radius 1 is 0.719 bits per heavy atom. The second kappa shape index (κ2) is 8.71. The van der Waals surface area contributed by atoms with E-state index < -0.39 is 17.5 Å². The molecule has 0 saturated carbocycles. The molecule has 4 rings (SSSR count). The lowest BCUT2D eigenvalue weighted by atomic mass is 9.86. The molecule has 0 aliphatic heterocycles. The van der Waals surface area contributed by atoms with E-state index in [1.165, 1.54) is 19.2 Å². The van der Waals surface area contributed by atoms with Crippen molar-refractivity contribution in [3.8, 4) is 28.0 Å². The van der Waals surface area contributed by atoms with E-state index >= 15 is 0 Å². The smallest absolute Gasteiger partial charge is 0.417 e. The third-order valence-electron chi connectivity index (χ3n) is 5.21. The van der Waals surface area contributed by atoms with E-state index in [1.54, 1.807) is 78.9 Å². The first-order chi connectivity index (χ1) is 15.4. The van der Waals surface area contributed by atoms with Gasteiger partial charge in [-0.05, 0) is 46.5 Å². The number of carbonyl (C=O) groups is 1. The summed E-state index contributed by atoms with van der Waals surface area (Å²) in [7, 11) is 1.52. The van der Waals surface area contributed by atoms with Crippen molar-refractivity contribution < 1.29 is 22.7 Å². The fourth-order valence-electron chi connectivity index (χ4n) is 3.64. The molecule has 0 aromatic heterocycles. The largest absolute Gasteiger partial charge is 0.497 e. The van der Waals surface area contributed by atoms with E-state index in [0.29, 0.717) is 22.4 Å². The lowest BCUT2D eigenvalue weighted by Gasteiger charge is -2.19. The molecule has 0 saturated heterocycles. The number of halogens is 3. The van der Waals surface area contributed by atoms with E-state index in [4.69, 9.17) is 4.74 Å². The van der Waals surface area contributed by atoms with Gasteiger partial charge in [-0.2, -0.15) is 13.2 Å². The SMILES string of the molecule is COc1ccc(-c2cc(-c3ccccc3)c(C(=O)c3ccccc3)c(C(F)(F)F)c2)cc1. The summed E-state index contributed by atoms with van der Waals surface area (Å²) in [6.07, 6.45) is -4.72. The second-order valence-electron chi connectivity index (χ2n) is 7.23. The summed E-state index contributed by atoms with van der Waals surface area (Å²) in [6, 6.07) is 26.1. The number of benzene rings is 4. The molecule has 0 radical (unpaired) electrons. The van der Waals surface area contributed by atoms with Crippen molar-refractivity contribution in [3.05, 3.63) is 114 Å². The lowest BCUT2D eigenvalue weighted by molar-refractivity contribution is -0.137. The molecule has 0 amide bonds. The van der Waals surface area contributed by atoms with Crippen LogP contribution in [0.5, 0.6) is 5.75 Å². The number of ether oxygens (including phenoxy) is 1. The third-order valence-corrected chi connectivity index (χ3v) is 5.21. The maximum absolute atomic E-state index is 14.3. The van der Waals surface area contributed by atoms with Crippen molar-refractivity contribution >= 4 is 5.78 Å². The maximum atomic E-state index is 14.3. The molecule has 4 aromatic rings. The van der Waals surface area contributed by atoms with Gasteiger partial charge in [-0.15, -0.1) is 0 Å². The zero-order valence-electron chi connectivity index (χ0n) is 17.2. The van der Waals surface area contributed by atoms with Gasteiger partial charge in [0.1, 0.15) is 5.75 Å². The van der Waals surface area contributed by atoms with E-state index in [1.807, 2.05) is 0 Å². The molecule has 0 aliphatic rings. The van der Waals surface area contributed by atoms with Crippen LogP contribution in [-0.2, 0) is 6.18 Å². The van der Waals surface area contributed by atoms with Crippen LogP contribution in [0, 0.1) is 0 Å². The molecular weight excluding hydrogens is 413 g/mol. The van der Waals surface area contributed by atoms with Gasteiger partial charge in [0.2, 0.25) is 0 Å². The van der Waals surface area contributed by atoms with Crippen LogP contribution in [0.25, 0.3) is 22.3 Å². The first-order valence-corrected chi connectivity index (χ1v) is 9.93. The zero-order valence-corrected chi connectivity index (χ0v) is 17.2. The van der Waals surface area contributed by atoms with Crippen molar-refractivity contribution in [1.29, 1.82) is 0 Å². The summed E-state index contributed by atoms with van der Waals surface area (Å²) < 4.78 is 47.9. The first-order valence-electron chi connectivity index (χ1n) is 9.93. The zero-order chi connectivity index (χ0) is 22.7. The van der Waals surface area contributed by atoms with Crippen molar-refractivity contribution in [2.45, 2.75) is 6.18 Å². The molecule has 0 aliphatic carbocycles. The fourth-order valence-corrected chi connectivity index (χ4v) is 3.64. The molecule has 0 heterocycles. The summed E-state index contributed by atoms with van der Waals surface area (Å²) in [5, 5.41) is 0. The molecule has 160 valence electrons. The monoisotopic (exact) mass is 432 g/mol. The van der Waals surface area contributed by atoms with Gasteiger partial charge >= 0.3 is 6.18 Å². The molecule has 4 aromatic carbocycles. The standard InChI is InChI=1S/C27H19F3O2/c1-32-22-14-12-18(13-15-22)21-16-23(19-8-4-2-5-9-19)25(24(17-21)27(28,29)30)26(31)20-10-6-3-7-11-20/h2-17H,1H3. The lowest BCUT2D eigenvalue weighted by Crippen LogP contribution is -2.16. The molecule has 2 nitrogen and oxygen atoms in total. The number of rotatable bonds is 5. The predicted octanol–water partition coefficient (Wildman–Crippen LogP) is 7.28. The van der Waals surface area contributed by atoms with Crippen LogP contribution in [0.2, 0.25) is 0 Å².